The van der Waals surface area contributed by atoms with Gasteiger partial charge in [0.25, 0.3) is 17.5 Å². The second-order valence-corrected chi connectivity index (χ2v) is 6.99. The number of nitrogens with two attached hydrogens (primary N) is 1. The quantitative estimate of drug-likeness (QED) is 0.343. The molecule has 3 N–H and O–H groups in total. The fourth-order valence-electron chi connectivity index (χ4n) is 3.22. The highest BCUT2D eigenvalue weighted by Crippen LogP contribution is 2.28. The molecule has 1 aromatic heterocycles. The van der Waals surface area contributed by atoms with E-state index in [2.05, 4.69) is 10.4 Å². The third-order valence-electron chi connectivity index (χ3n) is 4.80. The van der Waals surface area contributed by atoms with Crippen LogP contribution in [0, 0.1) is 15.9 Å². The Morgan fingerprint density at radius 2 is 1.76 bits per heavy atom. The molecular weight excluding hydrogens is 429 g/mol. The van der Waals surface area contributed by atoms with Crippen LogP contribution < -0.4 is 11.1 Å². The van der Waals surface area contributed by atoms with Crippen LogP contribution in [-0.2, 0) is 0 Å². The Kier molecular flexibility index (Phi) is 5.64. The summed E-state index contributed by atoms with van der Waals surface area (Å²) >= 11 is 0. The van der Waals surface area contributed by atoms with Gasteiger partial charge in [-0.2, -0.15) is 5.10 Å². The number of non-ortho nitro benzene ring substituents is 1. The number of aromatic nitrogens is 2. The Morgan fingerprint density at radius 3 is 2.45 bits per heavy atom. The van der Waals surface area contributed by atoms with Crippen molar-refractivity contribution in [3.05, 3.63) is 106 Å². The van der Waals surface area contributed by atoms with Gasteiger partial charge < -0.3 is 11.1 Å². The van der Waals surface area contributed by atoms with Gasteiger partial charge in [-0.1, -0.05) is 30.3 Å². The third-order valence-corrected chi connectivity index (χ3v) is 4.80. The van der Waals surface area contributed by atoms with Gasteiger partial charge in [-0.3, -0.25) is 19.7 Å². The minimum atomic E-state index is -0.974. The number of nitrogens with one attached hydrogen (secondary N) is 1. The van der Waals surface area contributed by atoms with Crippen molar-refractivity contribution in [1.29, 1.82) is 0 Å². The number of halogens is 1. The Balaban J connectivity index is 1.78. The van der Waals surface area contributed by atoms with Gasteiger partial charge in [-0.15, -0.1) is 0 Å². The molecule has 1 heterocycles. The maximum Gasteiger partial charge on any atom is 0.270 e. The lowest BCUT2D eigenvalue weighted by molar-refractivity contribution is -0.384. The molecule has 0 radical (unpaired) electrons. The summed E-state index contributed by atoms with van der Waals surface area (Å²) in [6.07, 6.45) is 1.48. The van der Waals surface area contributed by atoms with Gasteiger partial charge in [0, 0.05) is 29.6 Å². The summed E-state index contributed by atoms with van der Waals surface area (Å²) in [7, 11) is 0. The molecule has 33 heavy (non-hydrogen) atoms. The van der Waals surface area contributed by atoms with Crippen molar-refractivity contribution in [2.75, 3.05) is 5.32 Å². The summed E-state index contributed by atoms with van der Waals surface area (Å²) < 4.78 is 15.3. The number of carbonyl (C=O) groups is 2. The molecule has 9 nitrogen and oxygen atoms in total. The molecule has 0 bridgehead atoms. The van der Waals surface area contributed by atoms with E-state index in [0.29, 0.717) is 11.3 Å². The molecule has 0 aliphatic heterocycles. The van der Waals surface area contributed by atoms with E-state index in [9.17, 15) is 24.1 Å². The number of hydrogen-bond acceptors (Lipinski definition) is 5. The maximum absolute atomic E-state index is 13.8. The Morgan fingerprint density at radius 1 is 1.00 bits per heavy atom. The van der Waals surface area contributed by atoms with Crippen LogP contribution in [-0.4, -0.2) is 26.5 Å². The molecule has 4 rings (SSSR count). The van der Waals surface area contributed by atoms with E-state index in [1.807, 2.05) is 6.07 Å². The first-order chi connectivity index (χ1) is 15.8. The molecule has 0 atom stereocenters. The highest BCUT2D eigenvalue weighted by atomic mass is 19.1. The summed E-state index contributed by atoms with van der Waals surface area (Å²) in [5.41, 5.74) is 6.14. The smallest absolute Gasteiger partial charge is 0.270 e. The van der Waals surface area contributed by atoms with Crippen LogP contribution in [0.5, 0.6) is 0 Å². The van der Waals surface area contributed by atoms with Crippen LogP contribution in [0.15, 0.2) is 79.0 Å². The Labute approximate surface area is 186 Å². The SMILES string of the molecule is NC(=O)c1cc(NC(=O)c2cn(-c3ccccc3)nc2-c2cccc([N+](=O)[O-])c2)ccc1F. The van der Waals surface area contributed by atoms with Gasteiger partial charge in [0.2, 0.25) is 0 Å². The molecule has 0 spiro atoms. The minimum Gasteiger partial charge on any atom is -0.366 e. The summed E-state index contributed by atoms with van der Waals surface area (Å²) in [6, 6.07) is 18.2. The fourth-order valence-corrected chi connectivity index (χ4v) is 3.22. The topological polar surface area (TPSA) is 133 Å². The van der Waals surface area contributed by atoms with Gasteiger partial charge in [0.15, 0.2) is 0 Å². The van der Waals surface area contributed by atoms with Crippen molar-refractivity contribution in [2.24, 2.45) is 5.73 Å². The standard InChI is InChI=1S/C23H16FN5O4/c24-20-10-9-15(12-18(20)22(25)30)26-23(31)19-13-28(16-6-2-1-3-7-16)27-21(19)14-5-4-8-17(11-14)29(32)33/h1-13H,(H2,25,30)(H,26,31). The molecule has 164 valence electrons. The van der Waals surface area contributed by atoms with Gasteiger partial charge in [0.1, 0.15) is 11.5 Å². The number of nitro benzene ring substituents is 1. The summed E-state index contributed by atoms with van der Waals surface area (Å²) in [5.74, 6) is -2.40. The normalized spacial score (nSPS) is 10.6. The maximum atomic E-state index is 13.8. The van der Waals surface area contributed by atoms with Crippen molar-refractivity contribution in [1.82, 2.24) is 9.78 Å². The number of para-hydroxylation sites is 1. The highest BCUT2D eigenvalue weighted by Gasteiger charge is 2.21. The molecule has 10 heteroatoms. The molecule has 0 aliphatic carbocycles. The van der Waals surface area contributed by atoms with Gasteiger partial charge >= 0.3 is 0 Å². The number of benzene rings is 3. The average Bonchev–Trinajstić information content (AvgIpc) is 3.26. The van der Waals surface area contributed by atoms with Crippen molar-refractivity contribution in [3.63, 3.8) is 0 Å². The highest BCUT2D eigenvalue weighted by molar-refractivity contribution is 6.08. The lowest BCUT2D eigenvalue weighted by atomic mass is 10.1. The molecule has 2 amide bonds. The monoisotopic (exact) mass is 445 g/mol. The first-order valence-corrected chi connectivity index (χ1v) is 9.64. The Bertz CT molecular complexity index is 1380. The van der Waals surface area contributed by atoms with Gasteiger partial charge in [-0.25, -0.2) is 9.07 Å². The van der Waals surface area contributed by atoms with E-state index in [1.165, 1.54) is 35.1 Å². The van der Waals surface area contributed by atoms with Crippen LogP contribution in [0.3, 0.4) is 0 Å². The fraction of sp³-hybridized carbons (Fsp3) is 0. The zero-order valence-electron chi connectivity index (χ0n) is 16.9. The van der Waals surface area contributed by atoms with Crippen LogP contribution >= 0.6 is 0 Å². The molecule has 0 aliphatic rings. The summed E-state index contributed by atoms with van der Waals surface area (Å²) in [6.45, 7) is 0. The zero-order chi connectivity index (χ0) is 23.5. The summed E-state index contributed by atoms with van der Waals surface area (Å²) in [4.78, 5) is 35.2. The molecule has 0 unspecified atom stereocenters. The van der Waals surface area contributed by atoms with Crippen molar-refractivity contribution >= 4 is 23.2 Å². The number of nitro groups is 1. The summed E-state index contributed by atoms with van der Waals surface area (Å²) in [5, 5.41) is 18.3. The molecular formula is C23H16FN5O4. The number of nitrogens with zero attached hydrogens (tertiary/aromatic N) is 3. The van der Waals surface area contributed by atoms with Crippen molar-refractivity contribution < 1.29 is 18.9 Å². The number of carbonyl (C=O) groups excluding carboxylic acids is 2. The van der Waals surface area contributed by atoms with Crippen molar-refractivity contribution in [2.45, 2.75) is 0 Å². The second kappa shape index (κ2) is 8.71. The third kappa shape index (κ3) is 4.44. The predicted molar refractivity (Wildman–Crippen MR) is 119 cm³/mol. The van der Waals surface area contributed by atoms with E-state index in [-0.39, 0.29) is 28.2 Å². The van der Waals surface area contributed by atoms with Crippen molar-refractivity contribution in [3.8, 4) is 16.9 Å². The number of amides is 2. The zero-order valence-corrected chi connectivity index (χ0v) is 16.9. The van der Waals surface area contributed by atoms with E-state index in [4.69, 9.17) is 5.73 Å². The first-order valence-electron chi connectivity index (χ1n) is 9.64. The Hall–Kier alpha value is -4.86. The minimum absolute atomic E-state index is 0.115. The van der Waals surface area contributed by atoms with Crippen LogP contribution in [0.4, 0.5) is 15.8 Å². The van der Waals surface area contributed by atoms with Crippen LogP contribution in [0.1, 0.15) is 20.7 Å². The molecule has 0 saturated heterocycles. The number of hydrogen-bond donors (Lipinski definition) is 2. The van der Waals surface area contributed by atoms with Gasteiger partial charge in [0.05, 0.1) is 21.7 Å². The average molecular weight is 445 g/mol. The number of rotatable bonds is 6. The lowest BCUT2D eigenvalue weighted by Crippen LogP contribution is -2.16. The first kappa shape index (κ1) is 21.4. The lowest BCUT2D eigenvalue weighted by Gasteiger charge is -2.07. The van der Waals surface area contributed by atoms with Crippen LogP contribution in [0.25, 0.3) is 16.9 Å². The van der Waals surface area contributed by atoms with E-state index < -0.39 is 22.6 Å². The van der Waals surface area contributed by atoms with E-state index in [0.717, 1.165) is 12.1 Å². The number of anilines is 1. The molecule has 0 fully saturated rings. The van der Waals surface area contributed by atoms with E-state index >= 15 is 0 Å². The van der Waals surface area contributed by atoms with E-state index in [1.54, 1.807) is 30.3 Å². The predicted octanol–water partition coefficient (Wildman–Crippen LogP) is 3.94. The van der Waals surface area contributed by atoms with Crippen LogP contribution in [0.2, 0.25) is 0 Å². The number of primary amides is 1. The largest absolute Gasteiger partial charge is 0.366 e. The second-order valence-electron chi connectivity index (χ2n) is 6.99. The molecule has 4 aromatic rings. The molecule has 0 saturated carbocycles. The molecule has 3 aromatic carbocycles. The van der Waals surface area contributed by atoms with Gasteiger partial charge in [-0.05, 0) is 30.3 Å².